The van der Waals surface area contributed by atoms with Crippen molar-refractivity contribution in [1.29, 1.82) is 0 Å². The predicted octanol–water partition coefficient (Wildman–Crippen LogP) is 1.41. The van der Waals surface area contributed by atoms with E-state index in [-0.39, 0.29) is 5.97 Å². The lowest BCUT2D eigenvalue weighted by atomic mass is 9.96. The molecule has 1 aliphatic rings. The third-order valence-corrected chi connectivity index (χ3v) is 3.93. The fourth-order valence-electron chi connectivity index (χ4n) is 2.71. The zero-order chi connectivity index (χ0) is 15.0. The molecular weight excluding hydrogens is 256 g/mol. The molecule has 0 aromatic heterocycles. The molecule has 0 radical (unpaired) electrons. The van der Waals surface area contributed by atoms with Gasteiger partial charge < -0.3 is 20.1 Å². The average Bonchev–Trinajstić information content (AvgIpc) is 2.83. The molecule has 2 N–H and O–H groups in total. The third-order valence-electron chi connectivity index (χ3n) is 3.93. The molecule has 118 valence electrons. The highest BCUT2D eigenvalue weighted by Gasteiger charge is 2.29. The van der Waals surface area contributed by atoms with Gasteiger partial charge in [0.2, 0.25) is 0 Å². The number of nitrogens with zero attached hydrogens (tertiary/aromatic N) is 1. The number of rotatable bonds is 9. The highest BCUT2D eigenvalue weighted by atomic mass is 16.5. The second-order valence-electron chi connectivity index (χ2n) is 6.01. The van der Waals surface area contributed by atoms with E-state index in [1.54, 1.807) is 21.0 Å². The second kappa shape index (κ2) is 8.60. The van der Waals surface area contributed by atoms with Crippen molar-refractivity contribution in [2.24, 2.45) is 11.7 Å². The van der Waals surface area contributed by atoms with Gasteiger partial charge in [0.25, 0.3) is 0 Å². The van der Waals surface area contributed by atoms with Gasteiger partial charge >= 0.3 is 5.97 Å². The smallest absolute Gasteiger partial charge is 0.325 e. The van der Waals surface area contributed by atoms with Crippen molar-refractivity contribution in [3.63, 3.8) is 0 Å². The molecular formula is C15H30N2O3. The number of esters is 1. The summed E-state index contributed by atoms with van der Waals surface area (Å²) in [5.41, 5.74) is 5.15. The minimum Gasteiger partial charge on any atom is -0.465 e. The first kappa shape index (κ1) is 17.4. The first-order valence-electron chi connectivity index (χ1n) is 7.67. The summed E-state index contributed by atoms with van der Waals surface area (Å²) in [6.45, 7) is 8.18. The summed E-state index contributed by atoms with van der Waals surface area (Å²) in [5, 5.41) is 0. The summed E-state index contributed by atoms with van der Waals surface area (Å²) in [6, 6.07) is 0. The Morgan fingerprint density at radius 1 is 1.45 bits per heavy atom. The van der Waals surface area contributed by atoms with Gasteiger partial charge in [0.15, 0.2) is 0 Å². The molecule has 1 fully saturated rings. The van der Waals surface area contributed by atoms with E-state index in [1.807, 2.05) is 0 Å². The van der Waals surface area contributed by atoms with Gasteiger partial charge in [-0.1, -0.05) is 0 Å². The SMILES string of the molecule is CCOC(=O)C(C)(N)CCCCN1CCC(COC)C1. The van der Waals surface area contributed by atoms with Crippen LogP contribution in [0.2, 0.25) is 0 Å². The molecule has 0 saturated carbocycles. The Morgan fingerprint density at radius 3 is 2.85 bits per heavy atom. The van der Waals surface area contributed by atoms with E-state index < -0.39 is 5.54 Å². The Bertz CT molecular complexity index is 295. The van der Waals surface area contributed by atoms with Crippen LogP contribution in [0.3, 0.4) is 0 Å². The Hall–Kier alpha value is -0.650. The van der Waals surface area contributed by atoms with Crippen LogP contribution in [0.25, 0.3) is 0 Å². The number of nitrogens with two attached hydrogens (primary N) is 1. The van der Waals surface area contributed by atoms with Crippen LogP contribution in [0.15, 0.2) is 0 Å². The fraction of sp³-hybridized carbons (Fsp3) is 0.933. The van der Waals surface area contributed by atoms with Crippen LogP contribution in [0.1, 0.15) is 39.5 Å². The van der Waals surface area contributed by atoms with Crippen molar-refractivity contribution >= 4 is 5.97 Å². The topological polar surface area (TPSA) is 64.8 Å². The molecule has 0 aliphatic carbocycles. The molecule has 0 spiro atoms. The van der Waals surface area contributed by atoms with Gasteiger partial charge in [-0.2, -0.15) is 0 Å². The van der Waals surface area contributed by atoms with Gasteiger partial charge in [-0.05, 0) is 58.5 Å². The lowest BCUT2D eigenvalue weighted by Crippen LogP contribution is -2.46. The number of hydrogen-bond acceptors (Lipinski definition) is 5. The number of ether oxygens (including phenoxy) is 2. The maximum Gasteiger partial charge on any atom is 0.325 e. The van der Waals surface area contributed by atoms with E-state index in [9.17, 15) is 4.79 Å². The van der Waals surface area contributed by atoms with Crippen molar-refractivity contribution < 1.29 is 14.3 Å². The van der Waals surface area contributed by atoms with E-state index in [1.165, 1.54) is 6.42 Å². The molecule has 20 heavy (non-hydrogen) atoms. The maximum absolute atomic E-state index is 11.7. The highest BCUT2D eigenvalue weighted by molar-refractivity contribution is 5.79. The molecule has 0 bridgehead atoms. The Balaban J connectivity index is 2.14. The van der Waals surface area contributed by atoms with Crippen LogP contribution in [0, 0.1) is 5.92 Å². The number of unbranched alkanes of at least 4 members (excludes halogenated alkanes) is 1. The Morgan fingerprint density at radius 2 is 2.20 bits per heavy atom. The Kier molecular flexibility index (Phi) is 7.48. The van der Waals surface area contributed by atoms with Crippen molar-refractivity contribution in [2.45, 2.75) is 45.1 Å². The van der Waals surface area contributed by atoms with Crippen LogP contribution < -0.4 is 5.73 Å². The number of hydrogen-bond donors (Lipinski definition) is 1. The van der Waals surface area contributed by atoms with Gasteiger partial charge in [-0.15, -0.1) is 0 Å². The number of likely N-dealkylation sites (tertiary alicyclic amines) is 1. The summed E-state index contributed by atoms with van der Waals surface area (Å²) in [7, 11) is 1.76. The van der Waals surface area contributed by atoms with Crippen molar-refractivity contribution in [1.82, 2.24) is 4.90 Å². The van der Waals surface area contributed by atoms with Crippen LogP contribution in [-0.2, 0) is 14.3 Å². The normalized spacial score (nSPS) is 22.7. The second-order valence-corrected chi connectivity index (χ2v) is 6.01. The summed E-state index contributed by atoms with van der Waals surface area (Å²) >= 11 is 0. The summed E-state index contributed by atoms with van der Waals surface area (Å²) in [5.74, 6) is 0.389. The molecule has 0 aromatic carbocycles. The van der Waals surface area contributed by atoms with Gasteiger partial charge in [-0.25, -0.2) is 0 Å². The van der Waals surface area contributed by atoms with Gasteiger partial charge in [0, 0.05) is 13.7 Å². The van der Waals surface area contributed by atoms with Crippen LogP contribution in [-0.4, -0.2) is 56.4 Å². The molecule has 1 rings (SSSR count). The highest BCUT2D eigenvalue weighted by Crippen LogP contribution is 2.18. The molecule has 1 saturated heterocycles. The first-order valence-corrected chi connectivity index (χ1v) is 7.67. The molecule has 1 aliphatic heterocycles. The van der Waals surface area contributed by atoms with Crippen molar-refractivity contribution in [3.05, 3.63) is 0 Å². The number of carbonyl (C=O) groups is 1. The first-order chi connectivity index (χ1) is 9.49. The van der Waals surface area contributed by atoms with E-state index in [0.29, 0.717) is 18.9 Å². The monoisotopic (exact) mass is 286 g/mol. The molecule has 0 amide bonds. The standard InChI is InChI=1S/C15H30N2O3/c1-4-20-14(18)15(2,16)8-5-6-9-17-10-7-13(11-17)12-19-3/h13H,4-12,16H2,1-3H3. The molecule has 1 heterocycles. The lowest BCUT2D eigenvalue weighted by molar-refractivity contribution is -0.149. The van der Waals surface area contributed by atoms with Gasteiger partial charge in [0.1, 0.15) is 5.54 Å². The zero-order valence-corrected chi connectivity index (χ0v) is 13.2. The molecule has 0 aromatic rings. The molecule has 2 unspecified atom stereocenters. The fourth-order valence-corrected chi connectivity index (χ4v) is 2.71. The minimum absolute atomic E-state index is 0.290. The van der Waals surface area contributed by atoms with E-state index in [0.717, 1.165) is 39.1 Å². The van der Waals surface area contributed by atoms with Crippen molar-refractivity contribution in [3.8, 4) is 0 Å². The van der Waals surface area contributed by atoms with Crippen molar-refractivity contribution in [2.75, 3.05) is 40.0 Å². The van der Waals surface area contributed by atoms with Crippen LogP contribution in [0.4, 0.5) is 0 Å². The quantitative estimate of drug-likeness (QED) is 0.513. The maximum atomic E-state index is 11.7. The predicted molar refractivity (Wildman–Crippen MR) is 79.5 cm³/mol. The third kappa shape index (κ3) is 5.77. The van der Waals surface area contributed by atoms with E-state index in [4.69, 9.17) is 15.2 Å². The largest absolute Gasteiger partial charge is 0.465 e. The zero-order valence-electron chi connectivity index (χ0n) is 13.2. The Labute approximate surface area is 122 Å². The average molecular weight is 286 g/mol. The van der Waals surface area contributed by atoms with Crippen LogP contribution in [0.5, 0.6) is 0 Å². The number of carbonyl (C=O) groups excluding carboxylic acids is 1. The minimum atomic E-state index is -0.848. The van der Waals surface area contributed by atoms with Gasteiger partial charge in [0.05, 0.1) is 13.2 Å². The summed E-state index contributed by atoms with van der Waals surface area (Å²) < 4.78 is 10.2. The lowest BCUT2D eigenvalue weighted by Gasteiger charge is -2.22. The van der Waals surface area contributed by atoms with Gasteiger partial charge in [-0.3, -0.25) is 4.79 Å². The summed E-state index contributed by atoms with van der Waals surface area (Å²) in [4.78, 5) is 14.1. The van der Waals surface area contributed by atoms with Crippen LogP contribution >= 0.6 is 0 Å². The van der Waals surface area contributed by atoms with E-state index in [2.05, 4.69) is 4.90 Å². The molecule has 5 heteroatoms. The molecule has 5 nitrogen and oxygen atoms in total. The molecule has 2 atom stereocenters. The summed E-state index contributed by atoms with van der Waals surface area (Å²) in [6.07, 6.45) is 3.94. The van der Waals surface area contributed by atoms with E-state index >= 15 is 0 Å². The number of methoxy groups -OCH3 is 1.